The SMILES string of the molecule is Cc1ccc(Cl)cc1NCC1CCCCO1. The number of hydrogen-bond donors (Lipinski definition) is 1. The number of nitrogens with one attached hydrogen (secondary N) is 1. The van der Waals surface area contributed by atoms with Crippen molar-refractivity contribution in [1.82, 2.24) is 0 Å². The van der Waals surface area contributed by atoms with Crippen LogP contribution in [0.3, 0.4) is 0 Å². The summed E-state index contributed by atoms with van der Waals surface area (Å²) in [5.41, 5.74) is 2.34. The molecule has 0 amide bonds. The monoisotopic (exact) mass is 239 g/mol. The number of hydrogen-bond acceptors (Lipinski definition) is 2. The number of aryl methyl sites for hydroxylation is 1. The van der Waals surface area contributed by atoms with Crippen molar-refractivity contribution in [3.63, 3.8) is 0 Å². The third-order valence-corrected chi connectivity index (χ3v) is 3.23. The molecule has 1 aliphatic rings. The van der Waals surface area contributed by atoms with E-state index in [9.17, 15) is 0 Å². The lowest BCUT2D eigenvalue weighted by Gasteiger charge is -2.23. The Labute approximate surface area is 102 Å². The average molecular weight is 240 g/mol. The maximum atomic E-state index is 5.97. The van der Waals surface area contributed by atoms with Crippen LogP contribution in [0.2, 0.25) is 5.02 Å². The second-order valence-electron chi connectivity index (χ2n) is 4.33. The Morgan fingerprint density at radius 2 is 2.31 bits per heavy atom. The van der Waals surface area contributed by atoms with Gasteiger partial charge in [0.25, 0.3) is 0 Å². The van der Waals surface area contributed by atoms with Gasteiger partial charge in [-0.3, -0.25) is 0 Å². The summed E-state index contributed by atoms with van der Waals surface area (Å²) in [5, 5.41) is 4.19. The second kappa shape index (κ2) is 5.55. The highest BCUT2D eigenvalue weighted by atomic mass is 35.5. The van der Waals surface area contributed by atoms with Crippen LogP contribution in [0.15, 0.2) is 18.2 Å². The second-order valence-corrected chi connectivity index (χ2v) is 4.77. The zero-order valence-electron chi connectivity index (χ0n) is 9.63. The molecule has 1 fully saturated rings. The third-order valence-electron chi connectivity index (χ3n) is 2.99. The number of benzene rings is 1. The first-order chi connectivity index (χ1) is 7.75. The van der Waals surface area contributed by atoms with E-state index in [0.717, 1.165) is 30.3 Å². The molecule has 0 radical (unpaired) electrons. The van der Waals surface area contributed by atoms with Gasteiger partial charge in [0.2, 0.25) is 0 Å². The normalized spacial score (nSPS) is 20.8. The van der Waals surface area contributed by atoms with Crippen LogP contribution in [0.1, 0.15) is 24.8 Å². The minimum Gasteiger partial charge on any atom is -0.382 e. The van der Waals surface area contributed by atoms with Gasteiger partial charge >= 0.3 is 0 Å². The molecule has 1 aromatic rings. The molecule has 1 atom stereocenters. The fourth-order valence-corrected chi connectivity index (χ4v) is 2.15. The van der Waals surface area contributed by atoms with E-state index in [1.54, 1.807) is 0 Å². The van der Waals surface area contributed by atoms with Crippen molar-refractivity contribution < 1.29 is 4.74 Å². The molecule has 2 nitrogen and oxygen atoms in total. The molecule has 0 aliphatic carbocycles. The molecule has 16 heavy (non-hydrogen) atoms. The lowest BCUT2D eigenvalue weighted by atomic mass is 10.1. The Bertz CT molecular complexity index is 348. The van der Waals surface area contributed by atoms with E-state index in [0.29, 0.717) is 6.10 Å². The van der Waals surface area contributed by atoms with Gasteiger partial charge in [-0.15, -0.1) is 0 Å². The zero-order valence-corrected chi connectivity index (χ0v) is 10.4. The Balaban J connectivity index is 1.90. The van der Waals surface area contributed by atoms with Crippen LogP contribution in [0.25, 0.3) is 0 Å². The highest BCUT2D eigenvalue weighted by Gasteiger charge is 2.13. The summed E-state index contributed by atoms with van der Waals surface area (Å²) >= 11 is 5.97. The summed E-state index contributed by atoms with van der Waals surface area (Å²) in [4.78, 5) is 0. The van der Waals surface area contributed by atoms with Gasteiger partial charge in [-0.2, -0.15) is 0 Å². The van der Waals surface area contributed by atoms with Crippen molar-refractivity contribution in [2.75, 3.05) is 18.5 Å². The molecule has 88 valence electrons. The molecule has 1 N–H and O–H groups in total. The first-order valence-electron chi connectivity index (χ1n) is 5.87. The van der Waals surface area contributed by atoms with Gasteiger partial charge in [-0.1, -0.05) is 17.7 Å². The molecular weight excluding hydrogens is 222 g/mol. The predicted octanol–water partition coefficient (Wildman–Crippen LogP) is 3.63. The molecule has 2 rings (SSSR count). The minimum atomic E-state index is 0.354. The summed E-state index contributed by atoms with van der Waals surface area (Å²) < 4.78 is 5.67. The Hall–Kier alpha value is -0.730. The van der Waals surface area contributed by atoms with Crippen molar-refractivity contribution in [2.24, 2.45) is 0 Å². The summed E-state index contributed by atoms with van der Waals surface area (Å²) in [6, 6.07) is 5.92. The quantitative estimate of drug-likeness (QED) is 0.870. The van der Waals surface area contributed by atoms with Gasteiger partial charge in [-0.05, 0) is 43.9 Å². The summed E-state index contributed by atoms with van der Waals surface area (Å²) in [5.74, 6) is 0. The molecular formula is C13H18ClNO. The molecule has 0 bridgehead atoms. The van der Waals surface area contributed by atoms with E-state index in [-0.39, 0.29) is 0 Å². The van der Waals surface area contributed by atoms with Crippen molar-refractivity contribution in [3.05, 3.63) is 28.8 Å². The van der Waals surface area contributed by atoms with Gasteiger partial charge in [-0.25, -0.2) is 0 Å². The van der Waals surface area contributed by atoms with Gasteiger partial charge in [0.1, 0.15) is 0 Å². The van der Waals surface area contributed by atoms with E-state index in [2.05, 4.69) is 12.2 Å². The van der Waals surface area contributed by atoms with Crippen LogP contribution in [0.5, 0.6) is 0 Å². The van der Waals surface area contributed by atoms with Crippen LogP contribution in [0, 0.1) is 6.92 Å². The molecule has 1 aliphatic heterocycles. The lowest BCUT2D eigenvalue weighted by Crippen LogP contribution is -2.27. The van der Waals surface area contributed by atoms with Gasteiger partial charge in [0.15, 0.2) is 0 Å². The maximum Gasteiger partial charge on any atom is 0.0747 e. The number of halogens is 1. The van der Waals surface area contributed by atoms with Crippen LogP contribution in [-0.2, 0) is 4.74 Å². The number of anilines is 1. The van der Waals surface area contributed by atoms with Crippen LogP contribution in [0.4, 0.5) is 5.69 Å². The molecule has 1 unspecified atom stereocenters. The standard InChI is InChI=1S/C13H18ClNO/c1-10-5-6-11(14)8-13(10)15-9-12-4-2-3-7-16-12/h5-6,8,12,15H,2-4,7,9H2,1H3. The Morgan fingerprint density at radius 3 is 3.06 bits per heavy atom. The van der Waals surface area contributed by atoms with Crippen LogP contribution in [-0.4, -0.2) is 19.3 Å². The highest BCUT2D eigenvalue weighted by molar-refractivity contribution is 6.30. The van der Waals surface area contributed by atoms with E-state index >= 15 is 0 Å². The average Bonchev–Trinajstić information content (AvgIpc) is 2.32. The van der Waals surface area contributed by atoms with E-state index < -0.39 is 0 Å². The largest absolute Gasteiger partial charge is 0.382 e. The van der Waals surface area contributed by atoms with Gasteiger partial charge < -0.3 is 10.1 Å². The Kier molecular flexibility index (Phi) is 4.08. The van der Waals surface area contributed by atoms with E-state index in [1.165, 1.54) is 18.4 Å². The molecule has 0 spiro atoms. The van der Waals surface area contributed by atoms with Gasteiger partial charge in [0, 0.05) is 23.9 Å². The number of rotatable bonds is 3. The molecule has 1 saturated heterocycles. The fraction of sp³-hybridized carbons (Fsp3) is 0.538. The van der Waals surface area contributed by atoms with Gasteiger partial charge in [0.05, 0.1) is 6.10 Å². The maximum absolute atomic E-state index is 5.97. The molecule has 0 aromatic heterocycles. The predicted molar refractivity (Wildman–Crippen MR) is 68.3 cm³/mol. The van der Waals surface area contributed by atoms with Crippen LogP contribution >= 0.6 is 11.6 Å². The van der Waals surface area contributed by atoms with Crippen molar-refractivity contribution in [1.29, 1.82) is 0 Å². The summed E-state index contributed by atoms with van der Waals surface area (Å²) in [6.45, 7) is 3.86. The summed E-state index contributed by atoms with van der Waals surface area (Å²) in [6.07, 6.45) is 3.99. The minimum absolute atomic E-state index is 0.354. The first kappa shape index (κ1) is 11.7. The fourth-order valence-electron chi connectivity index (χ4n) is 1.98. The molecule has 1 heterocycles. The molecule has 3 heteroatoms. The van der Waals surface area contributed by atoms with Crippen molar-refractivity contribution in [2.45, 2.75) is 32.3 Å². The topological polar surface area (TPSA) is 21.3 Å². The van der Waals surface area contributed by atoms with Crippen molar-refractivity contribution >= 4 is 17.3 Å². The summed E-state index contributed by atoms with van der Waals surface area (Å²) in [7, 11) is 0. The molecule has 0 saturated carbocycles. The van der Waals surface area contributed by atoms with E-state index in [4.69, 9.17) is 16.3 Å². The molecule has 1 aromatic carbocycles. The zero-order chi connectivity index (χ0) is 11.4. The number of ether oxygens (including phenoxy) is 1. The highest BCUT2D eigenvalue weighted by Crippen LogP contribution is 2.21. The third kappa shape index (κ3) is 3.13. The Morgan fingerprint density at radius 1 is 1.44 bits per heavy atom. The van der Waals surface area contributed by atoms with Crippen LogP contribution < -0.4 is 5.32 Å². The smallest absolute Gasteiger partial charge is 0.0747 e. The first-order valence-corrected chi connectivity index (χ1v) is 6.25. The van der Waals surface area contributed by atoms with E-state index in [1.807, 2.05) is 18.2 Å². The van der Waals surface area contributed by atoms with Crippen molar-refractivity contribution in [3.8, 4) is 0 Å². The lowest BCUT2D eigenvalue weighted by molar-refractivity contribution is 0.0247.